The predicted molar refractivity (Wildman–Crippen MR) is 129 cm³/mol. The lowest BCUT2D eigenvalue weighted by molar-refractivity contribution is 0.135. The lowest BCUT2D eigenvalue weighted by atomic mass is 9.68. The molecule has 3 aliphatic carbocycles. The van der Waals surface area contributed by atoms with Gasteiger partial charge in [0, 0.05) is 0 Å². The van der Waals surface area contributed by atoms with Gasteiger partial charge in [0.1, 0.15) is 0 Å². The zero-order chi connectivity index (χ0) is 20.3. The third-order valence-electron chi connectivity index (χ3n) is 9.56. The smallest absolute Gasteiger partial charge is 0.0386 e. The van der Waals surface area contributed by atoms with Gasteiger partial charge in [0.25, 0.3) is 0 Å². The average molecular weight is 403 g/mol. The van der Waals surface area contributed by atoms with Gasteiger partial charge in [-0.05, 0) is 61.2 Å². The van der Waals surface area contributed by atoms with E-state index < -0.39 is 0 Å². The third-order valence-corrected chi connectivity index (χ3v) is 9.56. The Morgan fingerprint density at radius 2 is 0.793 bits per heavy atom. The molecular formula is C29H54. The Kier molecular flexibility index (Phi) is 10.9. The topological polar surface area (TPSA) is 0 Å². The van der Waals surface area contributed by atoms with E-state index in [4.69, 9.17) is 0 Å². The summed E-state index contributed by atoms with van der Waals surface area (Å²) in [7, 11) is 0. The monoisotopic (exact) mass is 402 g/mol. The van der Waals surface area contributed by atoms with Crippen LogP contribution in [-0.2, 0) is 0 Å². The lowest BCUT2D eigenvalue weighted by Crippen LogP contribution is -2.26. The van der Waals surface area contributed by atoms with Crippen LogP contribution in [0.1, 0.15) is 149 Å². The van der Waals surface area contributed by atoms with Gasteiger partial charge >= 0.3 is 0 Å². The molecule has 3 rings (SSSR count). The van der Waals surface area contributed by atoms with Crippen molar-refractivity contribution in [1.82, 2.24) is 0 Å². The van der Waals surface area contributed by atoms with Crippen molar-refractivity contribution >= 4 is 0 Å². The molecule has 0 radical (unpaired) electrons. The molecule has 0 aromatic carbocycles. The Morgan fingerprint density at radius 1 is 0.379 bits per heavy atom. The standard InChI is InChI=1S/C29H54/c1-3-5-6-7-9-25-16-20-28(21-17-25)29-22-18-27(19-23-29)15-14-26-12-10-24(8-4-2)11-13-26/h24-29H,3-23H2,1-2H3. The van der Waals surface area contributed by atoms with Crippen molar-refractivity contribution in [3.63, 3.8) is 0 Å². The first-order valence-electron chi connectivity index (χ1n) is 14.3. The molecule has 3 fully saturated rings. The molecule has 0 unspecified atom stereocenters. The zero-order valence-electron chi connectivity index (χ0n) is 20.3. The summed E-state index contributed by atoms with van der Waals surface area (Å²) in [6.45, 7) is 4.70. The SMILES string of the molecule is CCCCCCC1CCC(C2CCC(CCC3CCC(CCC)CC3)CC2)CC1. The van der Waals surface area contributed by atoms with Gasteiger partial charge in [0.05, 0.1) is 0 Å². The average Bonchev–Trinajstić information content (AvgIpc) is 2.77. The summed E-state index contributed by atoms with van der Waals surface area (Å²) < 4.78 is 0. The minimum atomic E-state index is 1.08. The summed E-state index contributed by atoms with van der Waals surface area (Å²) in [5.41, 5.74) is 0. The molecule has 0 nitrogen and oxygen atoms in total. The summed E-state index contributed by atoms with van der Waals surface area (Å²) in [6, 6.07) is 0. The van der Waals surface area contributed by atoms with Crippen LogP contribution in [0.15, 0.2) is 0 Å². The van der Waals surface area contributed by atoms with Crippen LogP contribution in [0, 0.1) is 35.5 Å². The van der Waals surface area contributed by atoms with Gasteiger partial charge in [-0.1, -0.05) is 123 Å². The molecule has 0 saturated heterocycles. The summed E-state index contributed by atoms with van der Waals surface area (Å²) in [4.78, 5) is 0. The second-order valence-electron chi connectivity index (χ2n) is 11.7. The maximum Gasteiger partial charge on any atom is -0.0386 e. The van der Waals surface area contributed by atoms with Gasteiger partial charge in [-0.3, -0.25) is 0 Å². The van der Waals surface area contributed by atoms with E-state index in [1.54, 1.807) is 96.3 Å². The molecule has 0 heterocycles. The fraction of sp³-hybridized carbons (Fsp3) is 1.00. The molecule has 170 valence electrons. The van der Waals surface area contributed by atoms with Gasteiger partial charge < -0.3 is 0 Å². The Bertz CT molecular complexity index is 388. The van der Waals surface area contributed by atoms with Crippen molar-refractivity contribution in [3.8, 4) is 0 Å². The van der Waals surface area contributed by atoms with E-state index in [0.29, 0.717) is 0 Å². The first kappa shape index (κ1) is 23.7. The number of rotatable bonds is 11. The van der Waals surface area contributed by atoms with E-state index in [2.05, 4.69) is 13.8 Å². The van der Waals surface area contributed by atoms with Crippen molar-refractivity contribution < 1.29 is 0 Å². The summed E-state index contributed by atoms with van der Waals surface area (Å²) in [5.74, 6) is 6.57. The minimum Gasteiger partial charge on any atom is -0.0654 e. The molecule has 0 amide bonds. The maximum absolute atomic E-state index is 2.36. The first-order chi connectivity index (χ1) is 14.3. The zero-order valence-corrected chi connectivity index (χ0v) is 20.3. The first-order valence-corrected chi connectivity index (χ1v) is 14.3. The highest BCUT2D eigenvalue weighted by atomic mass is 14.4. The molecule has 0 aromatic rings. The predicted octanol–water partition coefficient (Wildman–Crippen LogP) is 9.96. The van der Waals surface area contributed by atoms with E-state index in [1.165, 1.54) is 38.5 Å². The molecule has 0 heteroatoms. The summed E-state index contributed by atoms with van der Waals surface area (Å²) in [6.07, 6.45) is 32.2. The van der Waals surface area contributed by atoms with Gasteiger partial charge in [-0.25, -0.2) is 0 Å². The van der Waals surface area contributed by atoms with Crippen LogP contribution in [0.3, 0.4) is 0 Å². The molecule has 0 spiro atoms. The maximum atomic E-state index is 2.36. The van der Waals surface area contributed by atoms with E-state index in [-0.39, 0.29) is 0 Å². The Morgan fingerprint density at radius 3 is 1.24 bits per heavy atom. The van der Waals surface area contributed by atoms with E-state index in [1.807, 2.05) is 0 Å². The van der Waals surface area contributed by atoms with Crippen LogP contribution < -0.4 is 0 Å². The van der Waals surface area contributed by atoms with Crippen LogP contribution in [0.4, 0.5) is 0 Å². The third kappa shape index (κ3) is 8.22. The molecule has 3 aliphatic rings. The van der Waals surface area contributed by atoms with Gasteiger partial charge in [0.15, 0.2) is 0 Å². The van der Waals surface area contributed by atoms with Gasteiger partial charge in [-0.15, -0.1) is 0 Å². The largest absolute Gasteiger partial charge is 0.0654 e. The van der Waals surface area contributed by atoms with Crippen LogP contribution >= 0.6 is 0 Å². The molecule has 0 aromatic heterocycles. The Labute approximate surface area is 184 Å². The van der Waals surface area contributed by atoms with Crippen LogP contribution in [0.25, 0.3) is 0 Å². The Hall–Kier alpha value is 0. The van der Waals surface area contributed by atoms with Crippen molar-refractivity contribution in [2.45, 2.75) is 149 Å². The number of hydrogen-bond acceptors (Lipinski definition) is 0. The fourth-order valence-electron chi connectivity index (χ4n) is 7.44. The normalized spacial score (nSPS) is 36.2. The fourth-order valence-corrected chi connectivity index (χ4v) is 7.44. The van der Waals surface area contributed by atoms with Crippen molar-refractivity contribution in [2.75, 3.05) is 0 Å². The summed E-state index contributed by atoms with van der Waals surface area (Å²) in [5, 5.41) is 0. The van der Waals surface area contributed by atoms with E-state index in [9.17, 15) is 0 Å². The molecule has 29 heavy (non-hydrogen) atoms. The minimum absolute atomic E-state index is 1.08. The van der Waals surface area contributed by atoms with Crippen LogP contribution in [0.2, 0.25) is 0 Å². The Balaban J connectivity index is 1.24. The highest BCUT2D eigenvalue weighted by Crippen LogP contribution is 2.44. The van der Waals surface area contributed by atoms with E-state index in [0.717, 1.165) is 35.5 Å². The quantitative estimate of drug-likeness (QED) is 0.301. The summed E-state index contributed by atoms with van der Waals surface area (Å²) >= 11 is 0. The second kappa shape index (κ2) is 13.4. The second-order valence-corrected chi connectivity index (χ2v) is 11.7. The lowest BCUT2D eigenvalue weighted by Gasteiger charge is -2.38. The number of hydrogen-bond donors (Lipinski definition) is 0. The molecule has 0 atom stereocenters. The van der Waals surface area contributed by atoms with Crippen LogP contribution in [-0.4, -0.2) is 0 Å². The highest BCUT2D eigenvalue weighted by molar-refractivity contribution is 4.83. The molecule has 0 N–H and O–H groups in total. The van der Waals surface area contributed by atoms with E-state index >= 15 is 0 Å². The molecule has 0 bridgehead atoms. The van der Waals surface area contributed by atoms with Crippen LogP contribution in [0.5, 0.6) is 0 Å². The highest BCUT2D eigenvalue weighted by Gasteiger charge is 2.31. The molecule has 3 saturated carbocycles. The van der Waals surface area contributed by atoms with Gasteiger partial charge in [-0.2, -0.15) is 0 Å². The van der Waals surface area contributed by atoms with Crippen molar-refractivity contribution in [1.29, 1.82) is 0 Å². The number of unbranched alkanes of at least 4 members (excludes halogenated alkanes) is 3. The van der Waals surface area contributed by atoms with Gasteiger partial charge in [0.2, 0.25) is 0 Å². The van der Waals surface area contributed by atoms with Crippen molar-refractivity contribution in [3.05, 3.63) is 0 Å². The molecule has 0 aliphatic heterocycles. The van der Waals surface area contributed by atoms with Crippen molar-refractivity contribution in [2.24, 2.45) is 35.5 Å². The molecular weight excluding hydrogens is 348 g/mol.